The number of allylic oxidation sites excluding steroid dienone is 2. The van der Waals surface area contributed by atoms with Crippen molar-refractivity contribution in [1.29, 1.82) is 0 Å². The van der Waals surface area contributed by atoms with Gasteiger partial charge in [0.05, 0.1) is 0 Å². The van der Waals surface area contributed by atoms with Crippen LogP contribution in [0.4, 0.5) is 0 Å². The van der Waals surface area contributed by atoms with Crippen LogP contribution in [0.5, 0.6) is 0 Å². The van der Waals surface area contributed by atoms with E-state index in [9.17, 15) is 24.9 Å². The summed E-state index contributed by atoms with van der Waals surface area (Å²) >= 11 is 0. The fourth-order valence-corrected chi connectivity index (χ4v) is 4.96. The van der Waals surface area contributed by atoms with E-state index in [1.807, 2.05) is 0 Å². The molecule has 0 fully saturated rings. The van der Waals surface area contributed by atoms with E-state index in [-0.39, 0.29) is 0 Å². The minimum atomic E-state index is -1.83. The number of carbonyl (C=O) groups is 2. The van der Waals surface area contributed by atoms with Crippen LogP contribution in [0.15, 0.2) is 24.3 Å². The average Bonchev–Trinajstić information content (AvgIpc) is 2.96. The standard InChI is InChI=1S/C35H64O5/c1-3-5-7-9-11-13-15-17-19-21-23-25-27-29-31(36)33(38)35(40)34(39)32(37)30-28-26-24-22-20-18-16-14-12-10-8-6-4-2/h27-30,33-35,38-40H,3-26H2,1-2H3. The van der Waals surface area contributed by atoms with Gasteiger partial charge in [0.2, 0.25) is 0 Å². The number of carbonyl (C=O) groups excluding carboxylic acids is 2. The Morgan fingerprint density at radius 3 is 0.975 bits per heavy atom. The van der Waals surface area contributed by atoms with Crippen LogP contribution < -0.4 is 0 Å². The van der Waals surface area contributed by atoms with E-state index in [0.29, 0.717) is 0 Å². The molecule has 2 atom stereocenters. The summed E-state index contributed by atoms with van der Waals surface area (Å²) in [5, 5.41) is 30.3. The molecular formula is C35H64O5. The van der Waals surface area contributed by atoms with Crippen molar-refractivity contribution in [3.05, 3.63) is 24.3 Å². The molecule has 0 saturated carbocycles. The zero-order valence-corrected chi connectivity index (χ0v) is 26.2. The fourth-order valence-electron chi connectivity index (χ4n) is 4.96. The largest absolute Gasteiger partial charge is 0.387 e. The molecule has 40 heavy (non-hydrogen) atoms. The van der Waals surface area contributed by atoms with Crippen molar-refractivity contribution < 1.29 is 24.9 Å². The molecule has 3 N–H and O–H groups in total. The molecule has 0 saturated heterocycles. The first-order valence-electron chi connectivity index (χ1n) is 16.9. The summed E-state index contributed by atoms with van der Waals surface area (Å²) in [6, 6.07) is 0. The SMILES string of the molecule is CCCCCCCCCCCCCC=CC(=O)C(O)C(O)C(O)C(=O)C=CCCCCCCCCCCCCC. The van der Waals surface area contributed by atoms with E-state index in [2.05, 4.69) is 13.8 Å². The summed E-state index contributed by atoms with van der Waals surface area (Å²) < 4.78 is 0. The summed E-state index contributed by atoms with van der Waals surface area (Å²) in [7, 11) is 0. The number of rotatable bonds is 30. The molecule has 0 rings (SSSR count). The third kappa shape index (κ3) is 23.4. The highest BCUT2D eigenvalue weighted by Gasteiger charge is 2.32. The molecule has 0 spiro atoms. The Morgan fingerprint density at radius 1 is 0.450 bits per heavy atom. The van der Waals surface area contributed by atoms with Gasteiger partial charge in [0.25, 0.3) is 0 Å². The lowest BCUT2D eigenvalue weighted by Crippen LogP contribution is -2.45. The lowest BCUT2D eigenvalue weighted by Gasteiger charge is -2.19. The minimum absolute atomic E-state index is 0.688. The van der Waals surface area contributed by atoms with Gasteiger partial charge in [-0.15, -0.1) is 0 Å². The molecule has 0 aliphatic carbocycles. The van der Waals surface area contributed by atoms with Crippen LogP contribution >= 0.6 is 0 Å². The molecule has 234 valence electrons. The molecule has 5 heteroatoms. The Bertz CT molecular complexity index is 588. The van der Waals surface area contributed by atoms with Gasteiger partial charge in [-0.2, -0.15) is 0 Å². The maximum absolute atomic E-state index is 12.2. The molecule has 0 aromatic heterocycles. The summed E-state index contributed by atoms with van der Waals surface area (Å²) in [4.78, 5) is 24.3. The first-order valence-corrected chi connectivity index (χ1v) is 16.9. The van der Waals surface area contributed by atoms with E-state index >= 15 is 0 Å². The van der Waals surface area contributed by atoms with E-state index in [1.165, 1.54) is 128 Å². The molecule has 0 aromatic carbocycles. The van der Waals surface area contributed by atoms with E-state index in [0.717, 1.165) is 38.5 Å². The first-order chi connectivity index (χ1) is 19.5. The zero-order valence-electron chi connectivity index (χ0n) is 26.2. The topological polar surface area (TPSA) is 94.8 Å². The van der Waals surface area contributed by atoms with Crippen molar-refractivity contribution in [2.24, 2.45) is 0 Å². The van der Waals surface area contributed by atoms with Crippen LogP contribution in [0.25, 0.3) is 0 Å². The van der Waals surface area contributed by atoms with Crippen LogP contribution in [0.2, 0.25) is 0 Å². The molecule has 0 aromatic rings. The second kappa shape index (κ2) is 29.2. The van der Waals surface area contributed by atoms with Crippen LogP contribution in [0.3, 0.4) is 0 Å². The quantitative estimate of drug-likeness (QED) is 0.0599. The highest BCUT2D eigenvalue weighted by atomic mass is 16.4. The number of aliphatic hydroxyl groups excluding tert-OH is 3. The van der Waals surface area contributed by atoms with E-state index < -0.39 is 29.9 Å². The molecule has 0 amide bonds. The van der Waals surface area contributed by atoms with Crippen LogP contribution in [0.1, 0.15) is 168 Å². The number of ketones is 2. The Morgan fingerprint density at radius 2 is 0.700 bits per heavy atom. The summed E-state index contributed by atoms with van der Waals surface area (Å²) in [6.45, 7) is 4.48. The van der Waals surface area contributed by atoms with Gasteiger partial charge in [0.1, 0.15) is 18.3 Å². The van der Waals surface area contributed by atoms with Gasteiger partial charge < -0.3 is 15.3 Å². The van der Waals surface area contributed by atoms with Crippen molar-refractivity contribution in [1.82, 2.24) is 0 Å². The molecule has 0 aliphatic heterocycles. The van der Waals surface area contributed by atoms with Crippen molar-refractivity contribution >= 4 is 11.6 Å². The molecular weight excluding hydrogens is 500 g/mol. The van der Waals surface area contributed by atoms with Crippen LogP contribution in [-0.2, 0) is 9.59 Å². The van der Waals surface area contributed by atoms with Crippen molar-refractivity contribution in [3.63, 3.8) is 0 Å². The molecule has 0 bridgehead atoms. The lowest BCUT2D eigenvalue weighted by molar-refractivity contribution is -0.141. The lowest BCUT2D eigenvalue weighted by atomic mass is 10.00. The Kier molecular flexibility index (Phi) is 28.3. The smallest absolute Gasteiger partial charge is 0.186 e. The number of hydrogen-bond acceptors (Lipinski definition) is 5. The van der Waals surface area contributed by atoms with Crippen molar-refractivity contribution in [2.75, 3.05) is 0 Å². The number of unbranched alkanes of at least 4 members (excludes halogenated alkanes) is 22. The van der Waals surface area contributed by atoms with Gasteiger partial charge >= 0.3 is 0 Å². The molecule has 0 aliphatic rings. The van der Waals surface area contributed by atoms with Gasteiger partial charge in [-0.05, 0) is 37.8 Å². The Hall–Kier alpha value is -1.30. The van der Waals surface area contributed by atoms with Gasteiger partial charge in [-0.25, -0.2) is 0 Å². The third-order valence-electron chi connectivity index (χ3n) is 7.74. The highest BCUT2D eigenvalue weighted by Crippen LogP contribution is 2.14. The van der Waals surface area contributed by atoms with Gasteiger partial charge in [0, 0.05) is 0 Å². The number of aliphatic hydroxyl groups is 3. The summed E-state index contributed by atoms with van der Waals surface area (Å²) in [6.07, 6.45) is 29.6. The summed E-state index contributed by atoms with van der Waals surface area (Å²) in [5.74, 6) is -1.38. The van der Waals surface area contributed by atoms with Crippen LogP contribution in [0, 0.1) is 0 Å². The van der Waals surface area contributed by atoms with Gasteiger partial charge in [-0.1, -0.05) is 154 Å². The third-order valence-corrected chi connectivity index (χ3v) is 7.74. The number of hydrogen-bond donors (Lipinski definition) is 3. The van der Waals surface area contributed by atoms with Gasteiger partial charge in [0.15, 0.2) is 11.6 Å². The first kappa shape index (κ1) is 38.7. The second-order valence-corrected chi connectivity index (χ2v) is 11.6. The van der Waals surface area contributed by atoms with Crippen LogP contribution in [-0.4, -0.2) is 45.2 Å². The second-order valence-electron chi connectivity index (χ2n) is 11.6. The maximum Gasteiger partial charge on any atom is 0.186 e. The highest BCUT2D eigenvalue weighted by molar-refractivity contribution is 5.97. The average molecular weight is 565 g/mol. The Labute approximate surface area is 246 Å². The predicted molar refractivity (Wildman–Crippen MR) is 168 cm³/mol. The minimum Gasteiger partial charge on any atom is -0.387 e. The molecule has 5 nitrogen and oxygen atoms in total. The zero-order chi connectivity index (χ0) is 29.7. The predicted octanol–water partition coefficient (Wildman–Crippen LogP) is 8.72. The van der Waals surface area contributed by atoms with Crippen molar-refractivity contribution in [3.8, 4) is 0 Å². The van der Waals surface area contributed by atoms with Gasteiger partial charge in [-0.3, -0.25) is 9.59 Å². The monoisotopic (exact) mass is 564 g/mol. The molecule has 0 radical (unpaired) electrons. The maximum atomic E-state index is 12.2. The van der Waals surface area contributed by atoms with E-state index in [1.54, 1.807) is 12.2 Å². The Balaban J connectivity index is 3.88. The van der Waals surface area contributed by atoms with Crippen molar-refractivity contribution in [2.45, 2.75) is 186 Å². The van der Waals surface area contributed by atoms with E-state index in [4.69, 9.17) is 0 Å². The normalized spacial score (nSPS) is 14.2. The summed E-state index contributed by atoms with van der Waals surface area (Å²) in [5.41, 5.74) is 0. The molecule has 2 unspecified atom stereocenters. The molecule has 0 heterocycles. The fraction of sp³-hybridized carbons (Fsp3) is 0.829.